The van der Waals surface area contributed by atoms with Crippen LogP contribution >= 0.6 is 0 Å². The van der Waals surface area contributed by atoms with Gasteiger partial charge in [-0.2, -0.15) is 0 Å². The highest BCUT2D eigenvalue weighted by Crippen LogP contribution is 2.47. The number of fused-ring (bicyclic) bond motifs is 2. The van der Waals surface area contributed by atoms with Crippen molar-refractivity contribution in [2.24, 2.45) is 5.92 Å². The third-order valence-corrected chi connectivity index (χ3v) is 5.71. The summed E-state index contributed by atoms with van der Waals surface area (Å²) in [6.07, 6.45) is 2.29. The third kappa shape index (κ3) is 3.35. The molecular weight excluding hydrogens is 336 g/mol. The Balaban J connectivity index is 1.98. The fourth-order valence-electron chi connectivity index (χ4n) is 3.70. The molecule has 1 aliphatic carbocycles. The van der Waals surface area contributed by atoms with Crippen LogP contribution in [0.2, 0.25) is 0 Å². The lowest BCUT2D eigenvalue weighted by Gasteiger charge is -2.29. The van der Waals surface area contributed by atoms with Crippen LogP contribution in [0.5, 0.6) is 0 Å². The molecule has 0 amide bonds. The van der Waals surface area contributed by atoms with Crippen LogP contribution in [0.3, 0.4) is 0 Å². The van der Waals surface area contributed by atoms with E-state index in [1.165, 1.54) is 0 Å². The molecule has 0 radical (unpaired) electrons. The van der Waals surface area contributed by atoms with Crippen LogP contribution in [0.4, 0.5) is 0 Å². The van der Waals surface area contributed by atoms with E-state index in [0.717, 1.165) is 0 Å². The number of hydrogen-bond donors (Lipinski definition) is 1. The van der Waals surface area contributed by atoms with Crippen LogP contribution in [-0.4, -0.2) is 47.1 Å². The lowest BCUT2D eigenvalue weighted by atomic mass is 9.82. The molecule has 0 bridgehead atoms. The zero-order valence-corrected chi connectivity index (χ0v) is 15.7. The van der Waals surface area contributed by atoms with Crippen LogP contribution in [0.25, 0.3) is 0 Å². The van der Waals surface area contributed by atoms with Crippen molar-refractivity contribution in [3.05, 3.63) is 35.5 Å². The molecular formula is C20H26O6. The summed E-state index contributed by atoms with van der Waals surface area (Å²) in [6.45, 7) is 11.0. The quantitative estimate of drug-likeness (QED) is 0.351. The smallest absolute Gasteiger partial charge is 0.334 e. The van der Waals surface area contributed by atoms with E-state index in [2.05, 4.69) is 6.58 Å². The molecule has 142 valence electrons. The van der Waals surface area contributed by atoms with Crippen molar-refractivity contribution in [3.8, 4) is 0 Å². The van der Waals surface area contributed by atoms with Gasteiger partial charge >= 0.3 is 11.9 Å². The van der Waals surface area contributed by atoms with E-state index in [9.17, 15) is 14.7 Å². The molecule has 3 rings (SSSR count). The van der Waals surface area contributed by atoms with Crippen LogP contribution < -0.4 is 0 Å². The van der Waals surface area contributed by atoms with Gasteiger partial charge in [-0.05, 0) is 39.3 Å². The summed E-state index contributed by atoms with van der Waals surface area (Å²) < 4.78 is 17.0. The lowest BCUT2D eigenvalue weighted by molar-refractivity contribution is -0.148. The van der Waals surface area contributed by atoms with Crippen molar-refractivity contribution in [1.82, 2.24) is 0 Å². The summed E-state index contributed by atoms with van der Waals surface area (Å²) >= 11 is 0. The van der Waals surface area contributed by atoms with Gasteiger partial charge in [0.05, 0.1) is 23.7 Å². The first-order valence-electron chi connectivity index (χ1n) is 8.94. The summed E-state index contributed by atoms with van der Waals surface area (Å²) in [6, 6.07) is 0. The summed E-state index contributed by atoms with van der Waals surface area (Å²) in [5.41, 5.74) is 0.974. The van der Waals surface area contributed by atoms with Crippen LogP contribution in [0, 0.1) is 5.92 Å². The molecule has 6 heteroatoms. The number of ether oxygens (including phenoxy) is 3. The lowest BCUT2D eigenvalue weighted by Crippen LogP contribution is -2.37. The van der Waals surface area contributed by atoms with Crippen molar-refractivity contribution in [1.29, 1.82) is 0 Å². The van der Waals surface area contributed by atoms with Gasteiger partial charge in [0.1, 0.15) is 12.2 Å². The molecule has 2 heterocycles. The topological polar surface area (TPSA) is 85.4 Å². The first-order valence-corrected chi connectivity index (χ1v) is 8.94. The highest BCUT2D eigenvalue weighted by atomic mass is 16.6. The summed E-state index contributed by atoms with van der Waals surface area (Å²) in [5.74, 6) is -1.43. The largest absolute Gasteiger partial charge is 0.458 e. The Kier molecular flexibility index (Phi) is 4.84. The SMILES string of the molecule is C=C1C(=O)O[C@H]2/C=C(\C)[C@@H](O)C[C@H]3O[C@]3(C)C[C@@H](OC(=O)/C(C)=C/C)[C@@H]12. The highest BCUT2D eigenvalue weighted by Gasteiger charge is 2.57. The van der Waals surface area contributed by atoms with Crippen molar-refractivity contribution in [3.63, 3.8) is 0 Å². The molecule has 26 heavy (non-hydrogen) atoms. The monoisotopic (exact) mass is 362 g/mol. The standard InChI is InChI=1S/C20H26O6/c1-6-10(2)18(22)25-15-9-20(5)16(26-20)8-13(21)11(3)7-14-17(15)12(4)19(23)24-14/h6-7,13-17,21H,4,8-9H2,1-3,5H3/b10-6+,11-7+/t13-,14-,15+,16+,17-,20+/m0/s1. The Morgan fingerprint density at radius 3 is 2.85 bits per heavy atom. The number of rotatable bonds is 2. The van der Waals surface area contributed by atoms with E-state index in [1.54, 1.807) is 32.9 Å². The minimum Gasteiger partial charge on any atom is -0.458 e. The van der Waals surface area contributed by atoms with Crippen LogP contribution in [0.15, 0.2) is 35.5 Å². The molecule has 0 aromatic carbocycles. The second-order valence-corrected chi connectivity index (χ2v) is 7.62. The summed E-state index contributed by atoms with van der Waals surface area (Å²) in [5, 5.41) is 10.4. The van der Waals surface area contributed by atoms with Gasteiger partial charge in [0.15, 0.2) is 0 Å². The molecule has 6 atom stereocenters. The molecule has 2 saturated heterocycles. The number of aliphatic hydroxyl groups is 1. The zero-order chi connectivity index (χ0) is 19.2. The molecule has 0 aromatic heterocycles. The van der Waals surface area contributed by atoms with Gasteiger partial charge in [-0.3, -0.25) is 0 Å². The van der Waals surface area contributed by atoms with E-state index in [1.807, 2.05) is 6.92 Å². The van der Waals surface area contributed by atoms with Crippen molar-refractivity contribution in [2.75, 3.05) is 0 Å². The minimum absolute atomic E-state index is 0.118. The second-order valence-electron chi connectivity index (χ2n) is 7.62. The maximum Gasteiger partial charge on any atom is 0.334 e. The first kappa shape index (κ1) is 18.9. The van der Waals surface area contributed by atoms with Gasteiger partial charge in [0.25, 0.3) is 0 Å². The Morgan fingerprint density at radius 1 is 1.50 bits per heavy atom. The van der Waals surface area contributed by atoms with E-state index >= 15 is 0 Å². The van der Waals surface area contributed by atoms with E-state index in [0.29, 0.717) is 24.0 Å². The van der Waals surface area contributed by atoms with Crippen LogP contribution in [0.1, 0.15) is 40.5 Å². The van der Waals surface area contributed by atoms with Gasteiger partial charge in [0.2, 0.25) is 0 Å². The van der Waals surface area contributed by atoms with Gasteiger partial charge in [0, 0.05) is 24.0 Å². The Bertz CT molecular complexity index is 705. The van der Waals surface area contributed by atoms with Crippen molar-refractivity contribution < 1.29 is 28.9 Å². The molecule has 2 aliphatic heterocycles. The first-order chi connectivity index (χ1) is 12.2. The van der Waals surface area contributed by atoms with E-state index in [-0.39, 0.29) is 11.7 Å². The number of esters is 2. The highest BCUT2D eigenvalue weighted by molar-refractivity contribution is 5.92. The number of hydrogen-bond acceptors (Lipinski definition) is 6. The molecule has 1 N–H and O–H groups in total. The Labute approximate surface area is 153 Å². The molecule has 0 aromatic rings. The molecule has 0 saturated carbocycles. The summed E-state index contributed by atoms with van der Waals surface area (Å²) in [7, 11) is 0. The fraction of sp³-hybridized carbons (Fsp3) is 0.600. The average Bonchev–Trinajstić information content (AvgIpc) is 3.11. The van der Waals surface area contributed by atoms with Crippen LogP contribution in [-0.2, 0) is 23.8 Å². The molecule has 6 nitrogen and oxygen atoms in total. The number of epoxide rings is 1. The van der Waals surface area contributed by atoms with Crippen molar-refractivity contribution >= 4 is 11.9 Å². The molecule has 3 aliphatic rings. The predicted molar refractivity (Wildman–Crippen MR) is 94.1 cm³/mol. The zero-order valence-electron chi connectivity index (χ0n) is 15.7. The van der Waals surface area contributed by atoms with E-state index < -0.39 is 41.8 Å². The number of carbonyl (C=O) groups is 2. The van der Waals surface area contributed by atoms with Gasteiger partial charge in [-0.15, -0.1) is 0 Å². The maximum atomic E-state index is 12.4. The van der Waals surface area contributed by atoms with Gasteiger partial charge < -0.3 is 19.3 Å². The summed E-state index contributed by atoms with van der Waals surface area (Å²) in [4.78, 5) is 24.5. The maximum absolute atomic E-state index is 12.4. The molecule has 2 fully saturated rings. The number of allylic oxidation sites excluding steroid dienone is 1. The average molecular weight is 362 g/mol. The Morgan fingerprint density at radius 2 is 2.19 bits per heavy atom. The molecule has 0 spiro atoms. The van der Waals surface area contributed by atoms with E-state index in [4.69, 9.17) is 14.2 Å². The second kappa shape index (κ2) is 6.67. The van der Waals surface area contributed by atoms with Gasteiger partial charge in [-0.25, -0.2) is 9.59 Å². The molecule has 0 unspecified atom stereocenters. The minimum atomic E-state index is -0.667. The third-order valence-electron chi connectivity index (χ3n) is 5.71. The van der Waals surface area contributed by atoms with Crippen molar-refractivity contribution in [2.45, 2.75) is 70.6 Å². The fourth-order valence-corrected chi connectivity index (χ4v) is 3.70. The number of aliphatic hydroxyl groups excluding tert-OH is 1. The van der Waals surface area contributed by atoms with Gasteiger partial charge in [-0.1, -0.05) is 12.7 Å². The number of carbonyl (C=O) groups excluding carboxylic acids is 2. The normalized spacial score (nSPS) is 42.1. The Hall–Kier alpha value is -1.92. The predicted octanol–water partition coefficient (Wildman–Crippen LogP) is 2.22.